The molecule has 0 aliphatic heterocycles. The van der Waals surface area contributed by atoms with Crippen LogP contribution in [0.3, 0.4) is 0 Å². The van der Waals surface area contributed by atoms with Crippen LogP contribution in [-0.2, 0) is 4.74 Å². The Morgan fingerprint density at radius 3 is 2.40 bits per heavy atom. The Balaban J connectivity index is 2.51. The van der Waals surface area contributed by atoms with Crippen molar-refractivity contribution in [2.45, 2.75) is 85.3 Å². The molecule has 0 aromatic rings. The summed E-state index contributed by atoms with van der Waals surface area (Å²) in [6.45, 7) is 10.9. The highest BCUT2D eigenvalue weighted by Gasteiger charge is 2.27. The number of carbonyl (C=O) groups is 1. The Labute approximate surface area is 124 Å². The largest absolute Gasteiger partial charge is 0.446 e. The van der Waals surface area contributed by atoms with Crippen molar-refractivity contribution in [3.05, 3.63) is 0 Å². The molecule has 0 heterocycles. The number of amides is 1. The lowest BCUT2D eigenvalue weighted by atomic mass is 9.74. The number of nitrogens with one attached hydrogen (secondary N) is 1. The fourth-order valence-corrected chi connectivity index (χ4v) is 3.50. The summed E-state index contributed by atoms with van der Waals surface area (Å²) in [6, 6.07) is 0.143. The summed E-state index contributed by atoms with van der Waals surface area (Å²) in [5.74, 6) is 2.35. The van der Waals surface area contributed by atoms with Crippen molar-refractivity contribution in [3.8, 4) is 0 Å². The molecule has 3 heteroatoms. The average molecular weight is 283 g/mol. The summed E-state index contributed by atoms with van der Waals surface area (Å²) in [5.41, 5.74) is 0. The van der Waals surface area contributed by atoms with E-state index in [9.17, 15) is 4.79 Å². The van der Waals surface area contributed by atoms with E-state index >= 15 is 0 Å². The second-order valence-electron chi connectivity index (χ2n) is 6.91. The molecular formula is C17H33NO2. The van der Waals surface area contributed by atoms with E-state index < -0.39 is 0 Å². The quantitative estimate of drug-likeness (QED) is 0.808. The molecule has 118 valence electrons. The zero-order chi connectivity index (χ0) is 15.1. The molecule has 0 saturated heterocycles. The summed E-state index contributed by atoms with van der Waals surface area (Å²) in [6.07, 6.45) is 6.83. The highest BCUT2D eigenvalue weighted by atomic mass is 16.6. The number of ether oxygens (including phenoxy) is 1. The van der Waals surface area contributed by atoms with Gasteiger partial charge in [0.25, 0.3) is 0 Å². The Hall–Kier alpha value is -0.730. The SMILES string of the molecule is CCC1CCCC(OC(=O)NC(C)C)CCC1C(C)C. The molecule has 3 nitrogen and oxygen atoms in total. The van der Waals surface area contributed by atoms with Gasteiger partial charge in [0, 0.05) is 6.04 Å². The molecule has 3 atom stereocenters. The molecule has 1 saturated carbocycles. The summed E-state index contributed by atoms with van der Waals surface area (Å²) in [4.78, 5) is 11.7. The van der Waals surface area contributed by atoms with Crippen LogP contribution in [0.5, 0.6) is 0 Å². The Kier molecular flexibility index (Phi) is 7.39. The lowest BCUT2D eigenvalue weighted by molar-refractivity contribution is 0.0627. The minimum Gasteiger partial charge on any atom is -0.446 e. The van der Waals surface area contributed by atoms with E-state index in [4.69, 9.17) is 4.74 Å². The lowest BCUT2D eigenvalue weighted by Crippen LogP contribution is -2.35. The monoisotopic (exact) mass is 283 g/mol. The minimum absolute atomic E-state index is 0.104. The topological polar surface area (TPSA) is 38.3 Å². The number of hydrogen-bond acceptors (Lipinski definition) is 2. The number of rotatable bonds is 4. The van der Waals surface area contributed by atoms with Gasteiger partial charge < -0.3 is 10.1 Å². The normalized spacial score (nSPS) is 28.1. The number of carbonyl (C=O) groups excluding carboxylic acids is 1. The molecule has 1 N–H and O–H groups in total. The maximum absolute atomic E-state index is 11.7. The molecule has 3 unspecified atom stereocenters. The smallest absolute Gasteiger partial charge is 0.407 e. The van der Waals surface area contributed by atoms with Crippen LogP contribution >= 0.6 is 0 Å². The van der Waals surface area contributed by atoms with Crippen LogP contribution in [-0.4, -0.2) is 18.2 Å². The first-order valence-electron chi connectivity index (χ1n) is 8.41. The zero-order valence-electron chi connectivity index (χ0n) is 13.9. The maximum atomic E-state index is 11.7. The molecule has 0 aromatic carbocycles. The molecular weight excluding hydrogens is 250 g/mol. The number of hydrogen-bond donors (Lipinski definition) is 1. The van der Waals surface area contributed by atoms with E-state index in [0.29, 0.717) is 0 Å². The van der Waals surface area contributed by atoms with E-state index in [1.54, 1.807) is 0 Å². The molecule has 1 aliphatic rings. The van der Waals surface area contributed by atoms with Crippen LogP contribution in [0.15, 0.2) is 0 Å². The van der Waals surface area contributed by atoms with Gasteiger partial charge in [0.15, 0.2) is 0 Å². The van der Waals surface area contributed by atoms with Gasteiger partial charge in [-0.25, -0.2) is 4.79 Å². The first-order chi connectivity index (χ1) is 9.43. The van der Waals surface area contributed by atoms with Gasteiger partial charge in [0.1, 0.15) is 6.10 Å². The van der Waals surface area contributed by atoms with Crippen molar-refractivity contribution in [1.29, 1.82) is 0 Å². The second kappa shape index (κ2) is 8.53. The first kappa shape index (κ1) is 17.3. The molecule has 0 radical (unpaired) electrons. The van der Waals surface area contributed by atoms with Crippen molar-refractivity contribution in [2.75, 3.05) is 0 Å². The summed E-state index contributed by atoms with van der Waals surface area (Å²) >= 11 is 0. The van der Waals surface area contributed by atoms with Gasteiger partial charge in [-0.05, 0) is 57.3 Å². The van der Waals surface area contributed by atoms with E-state index in [-0.39, 0.29) is 18.2 Å². The van der Waals surface area contributed by atoms with Crippen molar-refractivity contribution >= 4 is 6.09 Å². The second-order valence-corrected chi connectivity index (χ2v) is 6.91. The third kappa shape index (κ3) is 5.72. The van der Waals surface area contributed by atoms with Crippen molar-refractivity contribution in [2.24, 2.45) is 17.8 Å². The van der Waals surface area contributed by atoms with Crippen LogP contribution in [0.25, 0.3) is 0 Å². The highest BCUT2D eigenvalue weighted by Crippen LogP contribution is 2.35. The van der Waals surface area contributed by atoms with E-state index in [0.717, 1.165) is 30.6 Å². The van der Waals surface area contributed by atoms with E-state index in [1.165, 1.54) is 25.7 Å². The Morgan fingerprint density at radius 1 is 1.15 bits per heavy atom. The standard InChI is InChI=1S/C17H33NO2/c1-6-14-8-7-9-15(10-11-16(14)12(2)3)20-17(19)18-13(4)5/h12-16H,6-11H2,1-5H3,(H,18,19). The molecule has 1 rings (SSSR count). The average Bonchev–Trinajstić information content (AvgIpc) is 2.31. The van der Waals surface area contributed by atoms with Crippen molar-refractivity contribution in [1.82, 2.24) is 5.32 Å². The van der Waals surface area contributed by atoms with Crippen LogP contribution in [0.1, 0.15) is 73.1 Å². The van der Waals surface area contributed by atoms with Gasteiger partial charge >= 0.3 is 6.09 Å². The van der Waals surface area contributed by atoms with Gasteiger partial charge in [-0.15, -0.1) is 0 Å². The van der Waals surface area contributed by atoms with Crippen LogP contribution in [0.4, 0.5) is 4.79 Å². The fourth-order valence-electron chi connectivity index (χ4n) is 3.50. The third-order valence-electron chi connectivity index (χ3n) is 4.59. The molecule has 0 bridgehead atoms. The van der Waals surface area contributed by atoms with Crippen molar-refractivity contribution in [3.63, 3.8) is 0 Å². The molecule has 1 amide bonds. The van der Waals surface area contributed by atoms with Gasteiger partial charge in [-0.2, -0.15) is 0 Å². The Bertz CT molecular complexity index is 289. The summed E-state index contributed by atoms with van der Waals surface area (Å²) in [7, 11) is 0. The molecule has 20 heavy (non-hydrogen) atoms. The highest BCUT2D eigenvalue weighted by molar-refractivity contribution is 5.67. The molecule has 1 fully saturated rings. The lowest BCUT2D eigenvalue weighted by Gasteiger charge is -2.33. The van der Waals surface area contributed by atoms with Crippen LogP contribution < -0.4 is 5.32 Å². The molecule has 0 aromatic heterocycles. The third-order valence-corrected chi connectivity index (χ3v) is 4.59. The van der Waals surface area contributed by atoms with Gasteiger partial charge in [-0.1, -0.05) is 33.6 Å². The maximum Gasteiger partial charge on any atom is 0.407 e. The van der Waals surface area contributed by atoms with E-state index in [1.807, 2.05) is 13.8 Å². The minimum atomic E-state index is -0.251. The number of alkyl carbamates (subject to hydrolysis) is 1. The predicted octanol–water partition coefficient (Wildman–Crippen LogP) is 4.75. The van der Waals surface area contributed by atoms with Gasteiger partial charge in [-0.3, -0.25) is 0 Å². The zero-order valence-corrected chi connectivity index (χ0v) is 13.9. The first-order valence-corrected chi connectivity index (χ1v) is 8.41. The summed E-state index contributed by atoms with van der Waals surface area (Å²) < 4.78 is 5.58. The van der Waals surface area contributed by atoms with Crippen molar-refractivity contribution < 1.29 is 9.53 Å². The van der Waals surface area contributed by atoms with Gasteiger partial charge in [0.2, 0.25) is 0 Å². The Morgan fingerprint density at radius 2 is 1.85 bits per heavy atom. The fraction of sp³-hybridized carbons (Fsp3) is 0.941. The molecule has 1 aliphatic carbocycles. The van der Waals surface area contributed by atoms with E-state index in [2.05, 4.69) is 26.1 Å². The summed E-state index contributed by atoms with van der Waals surface area (Å²) in [5, 5.41) is 2.82. The van der Waals surface area contributed by atoms with Crippen LogP contribution in [0.2, 0.25) is 0 Å². The van der Waals surface area contributed by atoms with Gasteiger partial charge in [0.05, 0.1) is 0 Å². The predicted molar refractivity (Wildman–Crippen MR) is 83.7 cm³/mol. The van der Waals surface area contributed by atoms with Crippen LogP contribution in [0, 0.1) is 17.8 Å². The molecule has 0 spiro atoms.